The van der Waals surface area contributed by atoms with E-state index in [9.17, 15) is 14.9 Å². The maximum absolute atomic E-state index is 12.7. The molecule has 1 N–H and O–H groups in total. The predicted octanol–water partition coefficient (Wildman–Crippen LogP) is 3.65. The van der Waals surface area contributed by atoms with Crippen molar-refractivity contribution in [1.29, 1.82) is 5.26 Å². The number of nitriles is 1. The van der Waals surface area contributed by atoms with Gasteiger partial charge >= 0.3 is 5.97 Å². The summed E-state index contributed by atoms with van der Waals surface area (Å²) < 4.78 is 8.55. The molecule has 9 nitrogen and oxygen atoms in total. The van der Waals surface area contributed by atoms with Crippen LogP contribution in [0, 0.1) is 32.1 Å². The van der Waals surface area contributed by atoms with Gasteiger partial charge in [0.15, 0.2) is 12.4 Å². The molecule has 9 heteroatoms. The predicted molar refractivity (Wildman–Crippen MR) is 125 cm³/mol. The minimum Gasteiger partial charge on any atom is -0.452 e. The highest BCUT2D eigenvalue weighted by molar-refractivity contribution is 5.96. The maximum Gasteiger partial charge on any atom is 0.342 e. The van der Waals surface area contributed by atoms with Gasteiger partial charge in [-0.25, -0.2) is 14.5 Å². The molecule has 4 aromatic rings. The fraction of sp³-hybridized carbons (Fsp3) is 0.160. The summed E-state index contributed by atoms with van der Waals surface area (Å²) in [4.78, 5) is 29.5. The highest BCUT2D eigenvalue weighted by atomic mass is 16.5. The van der Waals surface area contributed by atoms with Crippen LogP contribution in [0.15, 0.2) is 60.9 Å². The number of hydrogen-bond donors (Lipinski definition) is 1. The number of amides is 1. The third-order valence-electron chi connectivity index (χ3n) is 5.53. The zero-order chi connectivity index (χ0) is 24.2. The summed E-state index contributed by atoms with van der Waals surface area (Å²) in [6, 6.07) is 16.9. The highest BCUT2D eigenvalue weighted by Crippen LogP contribution is 2.29. The third kappa shape index (κ3) is 4.17. The molecule has 4 rings (SSSR count). The van der Waals surface area contributed by atoms with Crippen molar-refractivity contribution in [1.82, 2.24) is 19.3 Å². The first kappa shape index (κ1) is 22.5. The van der Waals surface area contributed by atoms with Crippen LogP contribution in [-0.4, -0.2) is 37.8 Å². The van der Waals surface area contributed by atoms with Gasteiger partial charge in [-0.1, -0.05) is 24.3 Å². The fourth-order valence-corrected chi connectivity index (χ4v) is 3.66. The Morgan fingerprint density at radius 2 is 1.79 bits per heavy atom. The van der Waals surface area contributed by atoms with Gasteiger partial charge in [0.1, 0.15) is 17.5 Å². The number of benzene rings is 1. The topological polar surface area (TPSA) is 115 Å². The van der Waals surface area contributed by atoms with Crippen LogP contribution in [0.3, 0.4) is 0 Å². The Labute approximate surface area is 196 Å². The van der Waals surface area contributed by atoms with Crippen LogP contribution in [0.25, 0.3) is 11.5 Å². The van der Waals surface area contributed by atoms with Gasteiger partial charge in [0, 0.05) is 17.6 Å². The molecule has 0 aliphatic rings. The lowest BCUT2D eigenvalue weighted by molar-refractivity contribution is -0.119. The number of esters is 1. The Hall–Kier alpha value is -4.71. The van der Waals surface area contributed by atoms with Crippen molar-refractivity contribution < 1.29 is 14.3 Å². The average molecular weight is 454 g/mol. The van der Waals surface area contributed by atoms with E-state index in [1.165, 1.54) is 10.9 Å². The minimum atomic E-state index is -0.679. The molecule has 0 atom stereocenters. The van der Waals surface area contributed by atoms with E-state index >= 15 is 0 Å². The van der Waals surface area contributed by atoms with E-state index in [1.54, 1.807) is 29.8 Å². The number of rotatable bonds is 6. The Kier molecular flexibility index (Phi) is 6.23. The number of ether oxygens (including phenoxy) is 1. The second-order valence-electron chi connectivity index (χ2n) is 7.58. The van der Waals surface area contributed by atoms with Gasteiger partial charge in [-0.2, -0.15) is 10.4 Å². The molecule has 0 aliphatic heterocycles. The van der Waals surface area contributed by atoms with Crippen LogP contribution in [0.5, 0.6) is 0 Å². The van der Waals surface area contributed by atoms with E-state index in [0.29, 0.717) is 22.9 Å². The molecule has 0 saturated heterocycles. The molecule has 3 aromatic heterocycles. The van der Waals surface area contributed by atoms with E-state index in [-0.39, 0.29) is 5.56 Å². The summed E-state index contributed by atoms with van der Waals surface area (Å²) in [5.74, 6) is -0.340. The first-order valence-electron chi connectivity index (χ1n) is 10.5. The summed E-state index contributed by atoms with van der Waals surface area (Å²) in [6.45, 7) is 4.90. The normalized spacial score (nSPS) is 10.5. The monoisotopic (exact) mass is 454 g/mol. The largest absolute Gasteiger partial charge is 0.452 e. The van der Waals surface area contributed by atoms with Crippen molar-refractivity contribution in [3.8, 4) is 17.6 Å². The summed E-state index contributed by atoms with van der Waals surface area (Å²) in [5, 5.41) is 16.6. The minimum absolute atomic E-state index is 0.232. The number of anilines is 1. The fourth-order valence-electron chi connectivity index (χ4n) is 3.66. The molecule has 0 radical (unpaired) electrons. The number of pyridine rings is 1. The van der Waals surface area contributed by atoms with Gasteiger partial charge in [0.25, 0.3) is 5.91 Å². The average Bonchev–Trinajstić information content (AvgIpc) is 3.35. The summed E-state index contributed by atoms with van der Waals surface area (Å²) in [7, 11) is 0. The van der Waals surface area contributed by atoms with Crippen molar-refractivity contribution in [2.24, 2.45) is 0 Å². The number of nitrogens with one attached hydrogen (secondary N) is 1. The van der Waals surface area contributed by atoms with Gasteiger partial charge in [0.05, 0.1) is 17.5 Å². The molecule has 170 valence electrons. The van der Waals surface area contributed by atoms with Crippen molar-refractivity contribution in [3.63, 3.8) is 0 Å². The van der Waals surface area contributed by atoms with E-state index in [2.05, 4.69) is 21.5 Å². The number of carbonyl (C=O) groups is 2. The van der Waals surface area contributed by atoms with E-state index in [0.717, 1.165) is 16.9 Å². The molecular formula is C25H22N6O3. The first-order chi connectivity index (χ1) is 16.4. The molecule has 0 aliphatic carbocycles. The smallest absolute Gasteiger partial charge is 0.342 e. The Balaban J connectivity index is 1.51. The van der Waals surface area contributed by atoms with Crippen LogP contribution >= 0.6 is 0 Å². The Morgan fingerprint density at radius 1 is 1.06 bits per heavy atom. The SMILES string of the molecule is Cc1c(C#N)c(NC(=O)COC(=O)c2cnn(-c3ccccn3)c2C)n(-c2ccccc2)c1C. The van der Waals surface area contributed by atoms with Crippen LogP contribution in [0.1, 0.15) is 32.9 Å². The van der Waals surface area contributed by atoms with Crippen LogP contribution in [0.2, 0.25) is 0 Å². The molecule has 1 aromatic carbocycles. The third-order valence-corrected chi connectivity index (χ3v) is 5.53. The van der Waals surface area contributed by atoms with Gasteiger partial charge in [-0.3, -0.25) is 9.36 Å². The molecule has 3 heterocycles. The number of nitrogens with zero attached hydrogens (tertiary/aromatic N) is 5. The van der Waals surface area contributed by atoms with Crippen molar-refractivity contribution in [2.45, 2.75) is 20.8 Å². The van der Waals surface area contributed by atoms with Crippen LogP contribution < -0.4 is 5.32 Å². The molecule has 1 amide bonds. The van der Waals surface area contributed by atoms with Crippen molar-refractivity contribution >= 4 is 17.7 Å². The first-order valence-corrected chi connectivity index (χ1v) is 10.5. The lowest BCUT2D eigenvalue weighted by Gasteiger charge is -2.13. The zero-order valence-corrected chi connectivity index (χ0v) is 18.9. The molecule has 0 unspecified atom stereocenters. The second-order valence-corrected chi connectivity index (χ2v) is 7.58. The standard InChI is InChI=1S/C25H22N6O3/c1-16-17(2)30(19-9-5-4-6-10-19)24(20(16)13-26)29-23(32)15-34-25(33)21-14-28-31(18(21)3)22-11-7-8-12-27-22/h4-12,14H,15H2,1-3H3,(H,29,32). The molecule has 0 spiro atoms. The molecule has 0 saturated carbocycles. The zero-order valence-electron chi connectivity index (χ0n) is 18.9. The van der Waals surface area contributed by atoms with Gasteiger partial charge in [-0.15, -0.1) is 0 Å². The van der Waals surface area contributed by atoms with E-state index < -0.39 is 18.5 Å². The lowest BCUT2D eigenvalue weighted by atomic mass is 10.2. The number of hydrogen-bond acceptors (Lipinski definition) is 6. The number of para-hydroxylation sites is 1. The van der Waals surface area contributed by atoms with Crippen molar-refractivity contribution in [3.05, 3.63) is 89.0 Å². The Bertz CT molecular complexity index is 1400. The number of aromatic nitrogens is 4. The van der Waals surface area contributed by atoms with Crippen molar-refractivity contribution in [2.75, 3.05) is 11.9 Å². The van der Waals surface area contributed by atoms with Crippen LogP contribution in [0.4, 0.5) is 5.82 Å². The second kappa shape index (κ2) is 9.42. The van der Waals surface area contributed by atoms with Gasteiger partial charge in [0.2, 0.25) is 0 Å². The quantitative estimate of drug-likeness (QED) is 0.445. The summed E-state index contributed by atoms with van der Waals surface area (Å²) in [6.07, 6.45) is 3.01. The highest BCUT2D eigenvalue weighted by Gasteiger charge is 2.22. The molecule has 0 bridgehead atoms. The van der Waals surface area contributed by atoms with Crippen LogP contribution in [-0.2, 0) is 9.53 Å². The van der Waals surface area contributed by atoms with Gasteiger partial charge < -0.3 is 10.1 Å². The maximum atomic E-state index is 12.7. The van der Waals surface area contributed by atoms with E-state index in [4.69, 9.17) is 4.74 Å². The molecular weight excluding hydrogens is 432 g/mol. The summed E-state index contributed by atoms with van der Waals surface area (Å²) in [5.41, 5.74) is 3.52. The Morgan fingerprint density at radius 3 is 2.47 bits per heavy atom. The lowest BCUT2D eigenvalue weighted by Crippen LogP contribution is -2.23. The van der Waals surface area contributed by atoms with Gasteiger partial charge in [-0.05, 0) is 50.6 Å². The molecule has 0 fully saturated rings. The number of carbonyl (C=O) groups excluding carboxylic acids is 2. The summed E-state index contributed by atoms with van der Waals surface area (Å²) >= 11 is 0. The molecule has 34 heavy (non-hydrogen) atoms. The van der Waals surface area contributed by atoms with E-state index in [1.807, 2.05) is 50.2 Å².